The van der Waals surface area contributed by atoms with Gasteiger partial charge in [-0.2, -0.15) is 0 Å². The highest BCUT2D eigenvalue weighted by atomic mass is 35.7. The van der Waals surface area contributed by atoms with Gasteiger partial charge in [0.1, 0.15) is 0 Å². The Morgan fingerprint density at radius 1 is 1.53 bits per heavy atom. The molecule has 0 radical (unpaired) electrons. The standard InChI is InChI=1S/C11H16ClNO3S/c1-16-10-5-6-13(8-10)9-3-2-4-11(7-9)17(12,14)15/h4,7,10H,2-3,5-6,8H2,1H3. The van der Waals surface area contributed by atoms with Gasteiger partial charge in [-0.3, -0.25) is 0 Å². The van der Waals surface area contributed by atoms with E-state index in [1.54, 1.807) is 19.3 Å². The van der Waals surface area contributed by atoms with Gasteiger partial charge in [0.2, 0.25) is 0 Å². The van der Waals surface area contributed by atoms with E-state index >= 15 is 0 Å². The van der Waals surface area contributed by atoms with E-state index in [0.717, 1.165) is 38.0 Å². The van der Waals surface area contributed by atoms with Gasteiger partial charge < -0.3 is 9.64 Å². The first kappa shape index (κ1) is 12.9. The van der Waals surface area contributed by atoms with Crippen LogP contribution in [0.4, 0.5) is 0 Å². The van der Waals surface area contributed by atoms with Gasteiger partial charge in [0, 0.05) is 36.6 Å². The summed E-state index contributed by atoms with van der Waals surface area (Å²) in [6, 6.07) is 0. The first-order valence-electron chi connectivity index (χ1n) is 5.64. The van der Waals surface area contributed by atoms with Crippen molar-refractivity contribution in [1.29, 1.82) is 0 Å². The summed E-state index contributed by atoms with van der Waals surface area (Å²) < 4.78 is 27.9. The lowest BCUT2D eigenvalue weighted by atomic mass is 10.1. The van der Waals surface area contributed by atoms with Crippen molar-refractivity contribution in [3.05, 3.63) is 22.8 Å². The lowest BCUT2D eigenvalue weighted by Crippen LogP contribution is -2.23. The molecule has 2 aliphatic rings. The minimum Gasteiger partial charge on any atom is -0.380 e. The molecule has 17 heavy (non-hydrogen) atoms. The van der Waals surface area contributed by atoms with Gasteiger partial charge in [-0.25, -0.2) is 8.42 Å². The lowest BCUT2D eigenvalue weighted by molar-refractivity contribution is 0.111. The number of nitrogens with zero attached hydrogens (tertiary/aromatic N) is 1. The molecular weight excluding hydrogens is 262 g/mol. The third-order valence-corrected chi connectivity index (χ3v) is 4.60. The zero-order valence-electron chi connectivity index (χ0n) is 9.73. The number of hydrogen-bond acceptors (Lipinski definition) is 4. The summed E-state index contributed by atoms with van der Waals surface area (Å²) in [5.41, 5.74) is 1.05. The fourth-order valence-electron chi connectivity index (χ4n) is 2.26. The summed E-state index contributed by atoms with van der Waals surface area (Å²) in [6.07, 6.45) is 6.19. The van der Waals surface area contributed by atoms with Gasteiger partial charge in [0.05, 0.1) is 11.0 Å². The number of allylic oxidation sites excluding steroid dienone is 3. The van der Waals surface area contributed by atoms with E-state index in [1.165, 1.54) is 0 Å². The van der Waals surface area contributed by atoms with E-state index in [2.05, 4.69) is 4.90 Å². The summed E-state index contributed by atoms with van der Waals surface area (Å²) in [4.78, 5) is 2.41. The highest BCUT2D eigenvalue weighted by Crippen LogP contribution is 2.28. The minimum absolute atomic E-state index is 0.223. The molecule has 2 rings (SSSR count). The second-order valence-corrected chi connectivity index (χ2v) is 6.88. The van der Waals surface area contributed by atoms with Crippen LogP contribution in [0.5, 0.6) is 0 Å². The van der Waals surface area contributed by atoms with Crippen LogP contribution in [-0.2, 0) is 13.8 Å². The Kier molecular flexibility index (Phi) is 3.80. The van der Waals surface area contributed by atoms with E-state index in [1.807, 2.05) is 0 Å². The molecule has 1 heterocycles. The van der Waals surface area contributed by atoms with Gasteiger partial charge >= 0.3 is 0 Å². The van der Waals surface area contributed by atoms with Crippen LogP contribution in [0.3, 0.4) is 0 Å². The fourth-order valence-corrected chi connectivity index (χ4v) is 3.17. The van der Waals surface area contributed by atoms with Crippen molar-refractivity contribution in [3.8, 4) is 0 Å². The average molecular weight is 278 g/mol. The van der Waals surface area contributed by atoms with Crippen molar-refractivity contribution in [2.24, 2.45) is 0 Å². The molecule has 0 saturated carbocycles. The number of rotatable bonds is 3. The van der Waals surface area contributed by atoms with Crippen LogP contribution in [0.2, 0.25) is 0 Å². The SMILES string of the molecule is COC1CCN(C2=CC(S(=O)(=O)Cl)=CCC2)C1. The maximum absolute atomic E-state index is 11.3. The van der Waals surface area contributed by atoms with Crippen molar-refractivity contribution >= 4 is 19.7 Å². The highest BCUT2D eigenvalue weighted by Gasteiger charge is 2.26. The second kappa shape index (κ2) is 5.00. The summed E-state index contributed by atoms with van der Waals surface area (Å²) in [7, 11) is 3.45. The normalized spacial score (nSPS) is 25.8. The molecule has 1 fully saturated rings. The monoisotopic (exact) mass is 277 g/mol. The molecule has 1 saturated heterocycles. The molecule has 0 aromatic rings. The number of methoxy groups -OCH3 is 1. The summed E-state index contributed by atoms with van der Waals surface area (Å²) in [5, 5.41) is 0. The lowest BCUT2D eigenvalue weighted by Gasteiger charge is -2.24. The van der Waals surface area contributed by atoms with Crippen LogP contribution in [0.15, 0.2) is 22.8 Å². The van der Waals surface area contributed by atoms with Crippen LogP contribution in [0, 0.1) is 0 Å². The van der Waals surface area contributed by atoms with Crippen LogP contribution in [-0.4, -0.2) is 39.6 Å². The van der Waals surface area contributed by atoms with Gasteiger partial charge in [-0.15, -0.1) is 0 Å². The number of ether oxygens (including phenoxy) is 1. The summed E-state index contributed by atoms with van der Waals surface area (Å²) in [5.74, 6) is 0. The second-order valence-electron chi connectivity index (χ2n) is 4.31. The molecule has 96 valence electrons. The van der Waals surface area contributed by atoms with E-state index in [0.29, 0.717) is 0 Å². The molecule has 0 aromatic carbocycles. The molecule has 1 aliphatic heterocycles. The molecule has 0 aromatic heterocycles. The Morgan fingerprint density at radius 3 is 2.88 bits per heavy atom. The highest BCUT2D eigenvalue weighted by molar-refractivity contribution is 8.17. The predicted octanol–water partition coefficient (Wildman–Crippen LogP) is 1.84. The van der Waals surface area contributed by atoms with Crippen molar-refractivity contribution < 1.29 is 13.2 Å². The van der Waals surface area contributed by atoms with Gasteiger partial charge in [-0.1, -0.05) is 6.08 Å². The average Bonchev–Trinajstić information content (AvgIpc) is 2.76. The van der Waals surface area contributed by atoms with Crippen molar-refractivity contribution in [1.82, 2.24) is 4.90 Å². The minimum atomic E-state index is -3.61. The number of hydrogen-bond donors (Lipinski definition) is 0. The van der Waals surface area contributed by atoms with Crippen LogP contribution in [0.1, 0.15) is 19.3 Å². The zero-order valence-corrected chi connectivity index (χ0v) is 11.3. The topological polar surface area (TPSA) is 46.6 Å². The third-order valence-electron chi connectivity index (χ3n) is 3.22. The Bertz CT molecular complexity index is 455. The van der Waals surface area contributed by atoms with E-state index in [-0.39, 0.29) is 11.0 Å². The molecule has 0 amide bonds. The molecule has 1 aliphatic carbocycles. The molecular formula is C11H16ClNO3S. The number of halogens is 1. The zero-order chi connectivity index (χ0) is 12.5. The quantitative estimate of drug-likeness (QED) is 0.739. The maximum atomic E-state index is 11.3. The predicted molar refractivity (Wildman–Crippen MR) is 67.2 cm³/mol. The van der Waals surface area contributed by atoms with Crippen molar-refractivity contribution in [3.63, 3.8) is 0 Å². The van der Waals surface area contributed by atoms with Gasteiger partial charge in [0.25, 0.3) is 9.05 Å². The Labute approximate surface area is 106 Å². The first-order chi connectivity index (χ1) is 8.00. The van der Waals surface area contributed by atoms with E-state index in [4.69, 9.17) is 15.4 Å². The maximum Gasteiger partial charge on any atom is 0.261 e. The smallest absolute Gasteiger partial charge is 0.261 e. The molecule has 0 bridgehead atoms. The summed E-state index contributed by atoms with van der Waals surface area (Å²) >= 11 is 0. The molecule has 1 unspecified atom stereocenters. The molecule has 4 nitrogen and oxygen atoms in total. The molecule has 0 N–H and O–H groups in total. The third kappa shape index (κ3) is 3.03. The van der Waals surface area contributed by atoms with Crippen molar-refractivity contribution in [2.75, 3.05) is 20.2 Å². The Morgan fingerprint density at radius 2 is 2.29 bits per heavy atom. The molecule has 0 spiro atoms. The molecule has 1 atom stereocenters. The van der Waals surface area contributed by atoms with Crippen LogP contribution < -0.4 is 0 Å². The van der Waals surface area contributed by atoms with Gasteiger partial charge in [0.15, 0.2) is 0 Å². The van der Waals surface area contributed by atoms with E-state index < -0.39 is 9.05 Å². The van der Waals surface area contributed by atoms with E-state index in [9.17, 15) is 8.42 Å². The molecule has 6 heteroatoms. The Balaban J connectivity index is 2.13. The fraction of sp³-hybridized carbons (Fsp3) is 0.636. The van der Waals surface area contributed by atoms with Crippen LogP contribution in [0.25, 0.3) is 0 Å². The van der Waals surface area contributed by atoms with Crippen LogP contribution >= 0.6 is 10.7 Å². The Hall–Kier alpha value is -0.520. The number of likely N-dealkylation sites (tertiary alicyclic amines) is 1. The van der Waals surface area contributed by atoms with Gasteiger partial charge in [-0.05, 0) is 25.3 Å². The van der Waals surface area contributed by atoms with Crippen molar-refractivity contribution in [2.45, 2.75) is 25.4 Å². The summed E-state index contributed by atoms with van der Waals surface area (Å²) in [6.45, 7) is 1.75. The first-order valence-corrected chi connectivity index (χ1v) is 7.95. The largest absolute Gasteiger partial charge is 0.380 e.